The largest absolute Gasteiger partial charge is 0.478 e. The van der Waals surface area contributed by atoms with Crippen LogP contribution in [-0.2, 0) is 0 Å². The molecule has 1 N–H and O–H groups in total. The fourth-order valence-corrected chi connectivity index (χ4v) is 1.42. The van der Waals surface area contributed by atoms with Crippen LogP contribution in [0.2, 0.25) is 0 Å². The van der Waals surface area contributed by atoms with Gasteiger partial charge >= 0.3 is 5.97 Å². The Bertz CT molecular complexity index is 333. The van der Waals surface area contributed by atoms with E-state index in [0.29, 0.717) is 10.8 Å². The monoisotopic (exact) mass is 228 g/mol. The molecule has 1 rings (SSSR count). The van der Waals surface area contributed by atoms with E-state index in [2.05, 4.69) is 15.9 Å². The predicted molar refractivity (Wildman–Crippen MR) is 46.5 cm³/mol. The molecule has 12 heavy (non-hydrogen) atoms. The highest BCUT2D eigenvalue weighted by Gasteiger charge is 2.12. The number of hydrogen-bond donors (Lipinski definition) is 1. The summed E-state index contributed by atoms with van der Waals surface area (Å²) in [7, 11) is 0. The molecule has 0 atom stereocenters. The minimum absolute atomic E-state index is 0.00694. The van der Waals surface area contributed by atoms with E-state index in [1.165, 1.54) is 6.07 Å². The third-order valence-electron chi connectivity index (χ3n) is 1.39. The first-order valence-electron chi connectivity index (χ1n) is 3.14. The van der Waals surface area contributed by atoms with Gasteiger partial charge in [0.25, 0.3) is 0 Å². The topological polar surface area (TPSA) is 54.4 Å². The zero-order valence-corrected chi connectivity index (χ0v) is 7.54. The fourth-order valence-electron chi connectivity index (χ4n) is 0.865. The molecule has 62 valence electrons. The van der Waals surface area contributed by atoms with Gasteiger partial charge in [-0.1, -0.05) is 12.1 Å². The summed E-state index contributed by atoms with van der Waals surface area (Å²) in [5.74, 6) is -1.11. The van der Waals surface area contributed by atoms with Crippen molar-refractivity contribution in [2.24, 2.45) is 0 Å². The molecule has 0 aliphatic heterocycles. The highest BCUT2D eigenvalue weighted by molar-refractivity contribution is 9.10. The zero-order valence-electron chi connectivity index (χ0n) is 5.95. The molecule has 3 nitrogen and oxygen atoms in total. The Hall–Kier alpha value is -1.16. The Kier molecular flexibility index (Phi) is 2.60. The number of carboxylic acid groups (broad SMARTS) is 1. The van der Waals surface area contributed by atoms with Gasteiger partial charge in [-0.3, -0.25) is 4.79 Å². The maximum Gasteiger partial charge on any atom is 0.337 e. The van der Waals surface area contributed by atoms with Crippen molar-refractivity contribution in [3.63, 3.8) is 0 Å². The standard InChI is InChI=1S/C8H5BrO3/c9-6-3-1-2-5(4-10)7(6)8(11)12/h1-4H,(H,11,12). The van der Waals surface area contributed by atoms with E-state index in [9.17, 15) is 9.59 Å². The summed E-state index contributed by atoms with van der Waals surface area (Å²) in [6.07, 6.45) is 0.522. The molecule has 0 aliphatic carbocycles. The second kappa shape index (κ2) is 3.49. The van der Waals surface area contributed by atoms with Crippen molar-refractivity contribution in [3.8, 4) is 0 Å². The first-order chi connectivity index (χ1) is 5.66. The molecule has 0 amide bonds. The molecular formula is C8H5BrO3. The van der Waals surface area contributed by atoms with Crippen molar-refractivity contribution in [1.82, 2.24) is 0 Å². The van der Waals surface area contributed by atoms with Gasteiger partial charge in [0.15, 0.2) is 6.29 Å². The van der Waals surface area contributed by atoms with Gasteiger partial charge < -0.3 is 5.11 Å². The molecule has 0 aliphatic rings. The molecule has 0 fully saturated rings. The van der Waals surface area contributed by atoms with Crippen molar-refractivity contribution in [2.75, 3.05) is 0 Å². The summed E-state index contributed by atoms with van der Waals surface area (Å²) in [5.41, 5.74) is 0.185. The number of aldehydes is 1. The van der Waals surface area contributed by atoms with Crippen molar-refractivity contribution in [1.29, 1.82) is 0 Å². The van der Waals surface area contributed by atoms with E-state index < -0.39 is 5.97 Å². The molecule has 0 radical (unpaired) electrons. The lowest BCUT2D eigenvalue weighted by Gasteiger charge is -2.00. The van der Waals surface area contributed by atoms with Crippen molar-refractivity contribution in [3.05, 3.63) is 33.8 Å². The Balaban J connectivity index is 3.39. The maximum atomic E-state index is 10.6. The van der Waals surface area contributed by atoms with Crippen LogP contribution in [0, 0.1) is 0 Å². The summed E-state index contributed by atoms with van der Waals surface area (Å²) in [6.45, 7) is 0. The van der Waals surface area contributed by atoms with Gasteiger partial charge in [0, 0.05) is 10.0 Å². The Morgan fingerprint density at radius 1 is 1.50 bits per heavy atom. The van der Waals surface area contributed by atoms with E-state index in [1.807, 2.05) is 0 Å². The quantitative estimate of drug-likeness (QED) is 0.788. The molecule has 0 unspecified atom stereocenters. The molecule has 4 heteroatoms. The number of benzene rings is 1. The number of carbonyl (C=O) groups excluding carboxylic acids is 1. The van der Waals surface area contributed by atoms with Gasteiger partial charge in [0.2, 0.25) is 0 Å². The lowest BCUT2D eigenvalue weighted by molar-refractivity contribution is 0.0693. The Labute approximate surface area is 77.1 Å². The Morgan fingerprint density at radius 2 is 2.17 bits per heavy atom. The van der Waals surface area contributed by atoms with Gasteiger partial charge in [-0.2, -0.15) is 0 Å². The highest BCUT2D eigenvalue weighted by atomic mass is 79.9. The second-order valence-corrected chi connectivity index (χ2v) is 2.98. The molecular weight excluding hydrogens is 224 g/mol. The zero-order chi connectivity index (χ0) is 9.14. The minimum Gasteiger partial charge on any atom is -0.478 e. The molecule has 0 aromatic heterocycles. The summed E-state index contributed by atoms with van der Waals surface area (Å²) in [6, 6.07) is 4.65. The third-order valence-corrected chi connectivity index (χ3v) is 2.05. The second-order valence-electron chi connectivity index (χ2n) is 2.13. The minimum atomic E-state index is -1.11. The number of carbonyl (C=O) groups is 2. The first-order valence-corrected chi connectivity index (χ1v) is 3.93. The molecule has 0 saturated heterocycles. The van der Waals surface area contributed by atoms with Gasteiger partial charge in [-0.05, 0) is 22.0 Å². The van der Waals surface area contributed by atoms with Crippen LogP contribution in [0.3, 0.4) is 0 Å². The average molecular weight is 229 g/mol. The van der Waals surface area contributed by atoms with Crippen LogP contribution in [-0.4, -0.2) is 17.4 Å². The van der Waals surface area contributed by atoms with Crippen molar-refractivity contribution < 1.29 is 14.7 Å². The van der Waals surface area contributed by atoms with Crippen LogP contribution < -0.4 is 0 Å². The smallest absolute Gasteiger partial charge is 0.337 e. The Morgan fingerprint density at radius 3 is 2.58 bits per heavy atom. The lowest BCUT2D eigenvalue weighted by atomic mass is 10.1. The number of rotatable bonds is 2. The predicted octanol–water partition coefficient (Wildman–Crippen LogP) is 1.96. The van der Waals surface area contributed by atoms with Crippen LogP contribution >= 0.6 is 15.9 Å². The molecule has 0 spiro atoms. The number of aromatic carboxylic acids is 1. The molecule has 0 heterocycles. The van der Waals surface area contributed by atoms with E-state index in [0.717, 1.165) is 0 Å². The molecule has 1 aromatic rings. The van der Waals surface area contributed by atoms with Gasteiger partial charge in [-0.15, -0.1) is 0 Å². The number of carboxylic acids is 1. The van der Waals surface area contributed by atoms with Gasteiger partial charge in [-0.25, -0.2) is 4.79 Å². The fraction of sp³-hybridized carbons (Fsp3) is 0. The first kappa shape index (κ1) is 8.93. The maximum absolute atomic E-state index is 10.6. The van der Waals surface area contributed by atoms with Crippen LogP contribution in [0.5, 0.6) is 0 Å². The normalized spacial score (nSPS) is 9.42. The van der Waals surface area contributed by atoms with E-state index in [4.69, 9.17) is 5.11 Å². The van der Waals surface area contributed by atoms with E-state index >= 15 is 0 Å². The van der Waals surface area contributed by atoms with Crippen molar-refractivity contribution in [2.45, 2.75) is 0 Å². The number of halogens is 1. The summed E-state index contributed by atoms with van der Waals surface area (Å²) >= 11 is 3.05. The SMILES string of the molecule is O=Cc1cccc(Br)c1C(=O)O. The van der Waals surface area contributed by atoms with Gasteiger partial charge in [0.05, 0.1) is 5.56 Å². The summed E-state index contributed by atoms with van der Waals surface area (Å²) < 4.78 is 0.416. The summed E-state index contributed by atoms with van der Waals surface area (Å²) in [4.78, 5) is 21.0. The molecule has 0 bridgehead atoms. The molecule has 1 aromatic carbocycles. The van der Waals surface area contributed by atoms with Crippen LogP contribution in [0.15, 0.2) is 22.7 Å². The van der Waals surface area contributed by atoms with E-state index in [1.54, 1.807) is 12.1 Å². The third kappa shape index (κ3) is 1.53. The summed E-state index contributed by atoms with van der Waals surface area (Å²) in [5, 5.41) is 8.69. The van der Waals surface area contributed by atoms with Gasteiger partial charge in [0.1, 0.15) is 0 Å². The van der Waals surface area contributed by atoms with Crippen LogP contribution in [0.1, 0.15) is 20.7 Å². The van der Waals surface area contributed by atoms with E-state index in [-0.39, 0.29) is 11.1 Å². The van der Waals surface area contributed by atoms with Crippen molar-refractivity contribution >= 4 is 28.2 Å². The number of hydrogen-bond acceptors (Lipinski definition) is 2. The van der Waals surface area contributed by atoms with Crippen LogP contribution in [0.4, 0.5) is 0 Å². The molecule has 0 saturated carbocycles. The highest BCUT2D eigenvalue weighted by Crippen LogP contribution is 2.19. The lowest BCUT2D eigenvalue weighted by Crippen LogP contribution is -2.02. The van der Waals surface area contributed by atoms with Crippen LogP contribution in [0.25, 0.3) is 0 Å². The average Bonchev–Trinajstić information content (AvgIpc) is 2.03.